The van der Waals surface area contributed by atoms with E-state index in [1.807, 2.05) is 5.38 Å². The molecule has 0 bridgehead atoms. The molecule has 2 aliphatic heterocycles. The first-order valence-corrected chi connectivity index (χ1v) is 13.4. The van der Waals surface area contributed by atoms with Gasteiger partial charge in [0.05, 0.1) is 16.3 Å². The van der Waals surface area contributed by atoms with Crippen LogP contribution in [-0.2, 0) is 16.2 Å². The number of terminal acetylenes is 1. The van der Waals surface area contributed by atoms with E-state index in [2.05, 4.69) is 21.2 Å². The summed E-state index contributed by atoms with van der Waals surface area (Å²) in [5.74, 6) is 2.35. The van der Waals surface area contributed by atoms with Crippen LogP contribution in [0.1, 0.15) is 53.0 Å². The summed E-state index contributed by atoms with van der Waals surface area (Å²) < 4.78 is 58.6. The van der Waals surface area contributed by atoms with Crippen molar-refractivity contribution in [2.24, 2.45) is 5.16 Å². The Bertz CT molecular complexity index is 1590. The minimum absolute atomic E-state index is 0.0779. The molecular formula is C27H20ClF4N5O3S. The zero-order valence-corrected chi connectivity index (χ0v) is 22.6. The Balaban J connectivity index is 1.22. The standard InChI is InChI=1S/C27H20ClF4N5O3S/c1-2-10-39-21-5-3-4-16(28)24(21)22-12-17(35-40-22)19-14-41-27(33-19)15-6-8-36(9-7-15)23(38)13-37-20(26(31)32)11-18(34-37)25(29)30/h1,3-8,11,14,22,25-26H,9-10,12-13H2. The zero-order valence-electron chi connectivity index (χ0n) is 21.0. The van der Waals surface area contributed by atoms with Crippen molar-refractivity contribution in [1.82, 2.24) is 19.7 Å². The van der Waals surface area contributed by atoms with E-state index in [4.69, 9.17) is 27.6 Å². The highest BCUT2D eigenvalue weighted by molar-refractivity contribution is 7.11. The van der Waals surface area contributed by atoms with Crippen molar-refractivity contribution in [3.8, 4) is 18.1 Å². The van der Waals surface area contributed by atoms with Crippen LogP contribution in [0.5, 0.6) is 5.75 Å². The summed E-state index contributed by atoms with van der Waals surface area (Å²) in [6, 6.07) is 5.84. The van der Waals surface area contributed by atoms with E-state index in [1.54, 1.807) is 30.4 Å². The Morgan fingerprint density at radius 3 is 2.83 bits per heavy atom. The molecule has 4 heterocycles. The topological polar surface area (TPSA) is 81.8 Å². The summed E-state index contributed by atoms with van der Waals surface area (Å²) in [7, 11) is 0. The molecule has 8 nitrogen and oxygen atoms in total. The molecule has 41 heavy (non-hydrogen) atoms. The minimum atomic E-state index is -3.05. The van der Waals surface area contributed by atoms with Gasteiger partial charge >= 0.3 is 0 Å². The van der Waals surface area contributed by atoms with Gasteiger partial charge in [0.1, 0.15) is 41.0 Å². The number of carbonyl (C=O) groups excluding carboxylic acids is 1. The molecule has 2 aromatic heterocycles. The molecule has 1 unspecified atom stereocenters. The molecule has 0 N–H and O–H groups in total. The Hall–Kier alpha value is -4.15. The normalized spacial score (nSPS) is 16.5. The van der Waals surface area contributed by atoms with Gasteiger partial charge in [-0.05, 0) is 24.3 Å². The third-order valence-corrected chi connectivity index (χ3v) is 7.41. The first-order valence-electron chi connectivity index (χ1n) is 12.1. The number of alkyl halides is 4. The van der Waals surface area contributed by atoms with Crippen molar-refractivity contribution in [3.63, 3.8) is 0 Å². The molecular weight excluding hydrogens is 586 g/mol. The number of hydrogen-bond donors (Lipinski definition) is 0. The Kier molecular flexibility index (Phi) is 8.41. The average molecular weight is 606 g/mol. The Labute approximate surface area is 240 Å². The van der Waals surface area contributed by atoms with E-state index in [0.717, 1.165) is 5.57 Å². The lowest BCUT2D eigenvalue weighted by Crippen LogP contribution is -2.31. The van der Waals surface area contributed by atoms with Crippen molar-refractivity contribution >= 4 is 40.1 Å². The number of nitrogens with zero attached hydrogens (tertiary/aromatic N) is 5. The van der Waals surface area contributed by atoms with Gasteiger partial charge in [0.25, 0.3) is 12.9 Å². The fraction of sp³-hybridized carbons (Fsp3) is 0.259. The largest absolute Gasteiger partial charge is 0.480 e. The highest BCUT2D eigenvalue weighted by atomic mass is 35.5. The predicted molar refractivity (Wildman–Crippen MR) is 144 cm³/mol. The first-order chi connectivity index (χ1) is 19.7. The van der Waals surface area contributed by atoms with Gasteiger partial charge in [-0.3, -0.25) is 9.48 Å². The maximum absolute atomic E-state index is 13.2. The lowest BCUT2D eigenvalue weighted by atomic mass is 10.0. The van der Waals surface area contributed by atoms with Gasteiger partial charge in [-0.25, -0.2) is 22.5 Å². The lowest BCUT2D eigenvalue weighted by molar-refractivity contribution is -0.129. The van der Waals surface area contributed by atoms with E-state index >= 15 is 0 Å². The molecule has 14 heteroatoms. The summed E-state index contributed by atoms with van der Waals surface area (Å²) in [5.41, 5.74) is 1.07. The van der Waals surface area contributed by atoms with Gasteiger partial charge in [-0.15, -0.1) is 17.8 Å². The molecule has 0 spiro atoms. The van der Waals surface area contributed by atoms with Crippen LogP contribution in [-0.4, -0.2) is 44.4 Å². The zero-order chi connectivity index (χ0) is 29.1. The quantitative estimate of drug-likeness (QED) is 0.215. The summed E-state index contributed by atoms with van der Waals surface area (Å²) >= 11 is 7.78. The number of thiazole rings is 1. The van der Waals surface area contributed by atoms with E-state index in [1.165, 1.54) is 22.4 Å². The maximum atomic E-state index is 13.2. The molecule has 212 valence electrons. The maximum Gasteiger partial charge on any atom is 0.282 e. The number of oxime groups is 1. The number of aromatic nitrogens is 3. The number of ether oxygens (including phenoxy) is 1. The number of benzene rings is 1. The van der Waals surface area contributed by atoms with E-state index < -0.39 is 42.8 Å². The molecule has 0 fully saturated rings. The molecule has 5 rings (SSSR count). The van der Waals surface area contributed by atoms with Crippen LogP contribution < -0.4 is 4.74 Å². The fourth-order valence-electron chi connectivity index (χ4n) is 4.22. The van der Waals surface area contributed by atoms with Crippen LogP contribution in [0, 0.1) is 12.3 Å². The lowest BCUT2D eigenvalue weighted by Gasteiger charge is -2.20. The monoisotopic (exact) mass is 605 g/mol. The van der Waals surface area contributed by atoms with Crippen molar-refractivity contribution < 1.29 is 31.9 Å². The number of halogens is 5. The highest BCUT2D eigenvalue weighted by Gasteiger charge is 2.30. The van der Waals surface area contributed by atoms with Crippen molar-refractivity contribution in [1.29, 1.82) is 0 Å². The summed E-state index contributed by atoms with van der Waals surface area (Å²) in [6.07, 6.45) is 4.03. The van der Waals surface area contributed by atoms with Crippen LogP contribution in [0.25, 0.3) is 5.57 Å². The molecule has 1 aromatic carbocycles. The van der Waals surface area contributed by atoms with Crippen molar-refractivity contribution in [3.05, 3.63) is 80.7 Å². The Morgan fingerprint density at radius 2 is 2.12 bits per heavy atom. The summed E-state index contributed by atoms with van der Waals surface area (Å²) in [5, 5.41) is 10.6. The molecule has 0 saturated heterocycles. The first kappa shape index (κ1) is 28.4. The van der Waals surface area contributed by atoms with E-state index in [0.29, 0.717) is 49.9 Å². The van der Waals surface area contributed by atoms with Gasteiger partial charge in [0.15, 0.2) is 6.10 Å². The SMILES string of the molecule is C#CCOc1cccc(Cl)c1C1CC(c2csc(C3=CCN(C(=O)Cn4nc(C(F)F)cc4C(F)F)C=C3)n2)=NO1. The molecule has 0 radical (unpaired) electrons. The summed E-state index contributed by atoms with van der Waals surface area (Å²) in [4.78, 5) is 24.3. The van der Waals surface area contributed by atoms with Gasteiger partial charge in [-0.1, -0.05) is 34.8 Å². The summed E-state index contributed by atoms with van der Waals surface area (Å²) in [6.45, 7) is -0.399. The smallest absolute Gasteiger partial charge is 0.282 e. The van der Waals surface area contributed by atoms with Crippen LogP contribution >= 0.6 is 22.9 Å². The number of rotatable bonds is 9. The van der Waals surface area contributed by atoms with Crippen LogP contribution in [0.4, 0.5) is 17.6 Å². The molecule has 2 aliphatic rings. The van der Waals surface area contributed by atoms with Crippen LogP contribution in [0.2, 0.25) is 5.02 Å². The highest BCUT2D eigenvalue weighted by Crippen LogP contribution is 2.40. The molecule has 1 atom stereocenters. The number of allylic oxidation sites excluding steroid dienone is 2. The average Bonchev–Trinajstić information content (AvgIpc) is 3.72. The van der Waals surface area contributed by atoms with Crippen LogP contribution in [0.3, 0.4) is 0 Å². The van der Waals surface area contributed by atoms with E-state index in [9.17, 15) is 22.4 Å². The molecule has 1 amide bonds. The minimum Gasteiger partial charge on any atom is -0.480 e. The van der Waals surface area contributed by atoms with Crippen LogP contribution in [0.15, 0.2) is 53.2 Å². The van der Waals surface area contributed by atoms with Gasteiger partial charge < -0.3 is 14.5 Å². The molecule has 0 aliphatic carbocycles. The Morgan fingerprint density at radius 1 is 1.29 bits per heavy atom. The second-order valence-electron chi connectivity index (χ2n) is 8.79. The molecule has 0 saturated carbocycles. The second kappa shape index (κ2) is 12.2. The third-order valence-electron chi connectivity index (χ3n) is 6.19. The van der Waals surface area contributed by atoms with Gasteiger partial charge in [-0.2, -0.15) is 5.10 Å². The molecule has 3 aromatic rings. The number of amides is 1. The van der Waals surface area contributed by atoms with Crippen molar-refractivity contribution in [2.45, 2.75) is 31.9 Å². The fourth-order valence-corrected chi connectivity index (χ4v) is 5.35. The number of hydrogen-bond acceptors (Lipinski definition) is 7. The third kappa shape index (κ3) is 6.13. The number of carbonyl (C=O) groups is 1. The van der Waals surface area contributed by atoms with Gasteiger partial charge in [0.2, 0.25) is 5.91 Å². The van der Waals surface area contributed by atoms with E-state index in [-0.39, 0.29) is 13.2 Å². The van der Waals surface area contributed by atoms with Gasteiger partial charge in [0, 0.05) is 30.1 Å². The second-order valence-corrected chi connectivity index (χ2v) is 10.1. The van der Waals surface area contributed by atoms with Crippen molar-refractivity contribution in [2.75, 3.05) is 13.2 Å². The predicted octanol–water partition coefficient (Wildman–Crippen LogP) is 6.19.